The molecule has 1 unspecified atom stereocenters. The molecule has 0 radical (unpaired) electrons. The number of hydrogen-bond acceptors (Lipinski definition) is 3. The van der Waals surface area contributed by atoms with Crippen molar-refractivity contribution in [2.45, 2.75) is 32.7 Å². The van der Waals surface area contributed by atoms with Crippen molar-refractivity contribution in [1.29, 1.82) is 0 Å². The van der Waals surface area contributed by atoms with Gasteiger partial charge < -0.3 is 10.1 Å². The maximum atomic E-state index is 12.8. The van der Waals surface area contributed by atoms with Crippen LogP contribution in [0.1, 0.15) is 26.7 Å². The fraction of sp³-hybridized carbons (Fsp3) is 0.312. The van der Waals surface area contributed by atoms with Crippen molar-refractivity contribution in [3.63, 3.8) is 0 Å². The standard InChI is InChI=1S/C14H14FN2O3.C2H6.W/c1-3-4-5-10(8-9(2)15)13(19)16-11-6-7-12(18)17-14(11)20;1-2;/h3-4,8,11H,1-2,6-7H2,(H2,16,17,18,19,20);1-2H3;/q-1;;+2/p-1/b10-8+;;. The molecule has 1 heterocycles. The molecule has 7 heteroatoms. The molecule has 23 heavy (non-hydrogen) atoms. The summed E-state index contributed by atoms with van der Waals surface area (Å²) in [5.74, 6) is -2.69. The molecule has 1 aliphatic heterocycles. The van der Waals surface area contributed by atoms with Gasteiger partial charge in [0, 0.05) is 6.42 Å². The number of rotatable bonds is 5. The molecule has 0 aliphatic carbocycles. The first-order valence-corrected chi connectivity index (χ1v) is 6.79. The number of carbonyl (C=O) groups excluding carboxylic acids is 3. The molecule has 0 aromatic heterocycles. The van der Waals surface area contributed by atoms with Crippen LogP contribution in [0, 0.1) is 6.08 Å². The summed E-state index contributed by atoms with van der Waals surface area (Å²) in [7, 11) is 0. The van der Waals surface area contributed by atoms with Gasteiger partial charge in [0.15, 0.2) is 0 Å². The van der Waals surface area contributed by atoms with E-state index in [1.807, 2.05) is 13.8 Å². The van der Waals surface area contributed by atoms with E-state index in [2.05, 4.69) is 29.9 Å². The number of imide groups is 1. The summed E-state index contributed by atoms with van der Waals surface area (Å²) in [5, 5.41) is 5.74. The molecule has 5 nitrogen and oxygen atoms in total. The number of amides is 3. The molecule has 0 aromatic rings. The summed E-state index contributed by atoms with van der Waals surface area (Å²) in [6.45, 7) is 10.4. The first-order valence-electron chi connectivity index (χ1n) is 6.79. The Hall–Kier alpha value is -1.81. The molecule has 124 valence electrons. The Morgan fingerprint density at radius 3 is 2.52 bits per heavy atom. The number of carbonyl (C=O) groups is 3. The molecule has 1 atom stereocenters. The minimum Gasteiger partial charge on any atom is -0.684 e. The Labute approximate surface area is 150 Å². The number of halogens is 1. The summed E-state index contributed by atoms with van der Waals surface area (Å²) in [5.41, 5.74) is -0.179. The Kier molecular flexibility index (Phi) is 13.0. The van der Waals surface area contributed by atoms with E-state index < -0.39 is 29.6 Å². The molecular weight excluding hydrogens is 471 g/mol. The predicted molar refractivity (Wildman–Crippen MR) is 82.2 cm³/mol. The fourth-order valence-electron chi connectivity index (χ4n) is 1.49. The van der Waals surface area contributed by atoms with Gasteiger partial charge in [-0.05, 0) is 18.4 Å². The topological polar surface area (TPSA) is 77.3 Å². The van der Waals surface area contributed by atoms with E-state index in [1.165, 1.54) is 12.2 Å². The Morgan fingerprint density at radius 2 is 2.04 bits per heavy atom. The fourth-order valence-corrected chi connectivity index (χ4v) is 1.49. The van der Waals surface area contributed by atoms with Gasteiger partial charge in [-0.25, -0.2) is 4.39 Å². The van der Waals surface area contributed by atoms with Crippen molar-refractivity contribution in [3.8, 4) is 0 Å². The van der Waals surface area contributed by atoms with Crippen molar-refractivity contribution in [1.82, 2.24) is 5.32 Å². The first kappa shape index (κ1) is 23.5. The van der Waals surface area contributed by atoms with Gasteiger partial charge in [0.05, 0.1) is 5.83 Å². The third-order valence-corrected chi connectivity index (χ3v) is 2.37. The van der Waals surface area contributed by atoms with Gasteiger partial charge in [-0.15, -0.1) is 30.4 Å². The van der Waals surface area contributed by atoms with Crippen LogP contribution < -0.4 is 5.32 Å². The second-order valence-electron chi connectivity index (χ2n) is 3.95. The van der Waals surface area contributed by atoms with Gasteiger partial charge >= 0.3 is 21.1 Å². The zero-order chi connectivity index (χ0) is 17.1. The van der Waals surface area contributed by atoms with E-state index in [-0.39, 0.29) is 39.5 Å². The summed E-state index contributed by atoms with van der Waals surface area (Å²) in [6, 6.07) is -0.956. The van der Waals surface area contributed by atoms with E-state index in [1.54, 1.807) is 0 Å². The number of hydrogen-bond donors (Lipinski definition) is 1. The van der Waals surface area contributed by atoms with Gasteiger partial charge in [0.1, 0.15) is 0 Å². The Bertz CT molecular complexity index is 527. The quantitative estimate of drug-likeness (QED) is 0.279. The normalized spacial score (nSPS) is 17.3. The summed E-state index contributed by atoms with van der Waals surface area (Å²) in [4.78, 5) is 34.3. The molecule has 1 rings (SSSR count). The molecule has 0 bridgehead atoms. The smallest absolute Gasteiger partial charge is 0.684 e. The van der Waals surface area contributed by atoms with Crippen LogP contribution in [0.4, 0.5) is 4.39 Å². The van der Waals surface area contributed by atoms with Crippen LogP contribution in [0.25, 0.3) is 5.32 Å². The van der Waals surface area contributed by atoms with Crippen LogP contribution in [0.15, 0.2) is 42.8 Å². The maximum Gasteiger partial charge on any atom is 2.00 e. The third kappa shape index (κ3) is 9.03. The van der Waals surface area contributed by atoms with Gasteiger partial charge in [0.2, 0.25) is 11.8 Å². The van der Waals surface area contributed by atoms with Crippen LogP contribution in [-0.2, 0) is 35.4 Å². The van der Waals surface area contributed by atoms with E-state index in [9.17, 15) is 18.8 Å². The molecule has 1 fully saturated rings. The van der Waals surface area contributed by atoms with Gasteiger partial charge in [-0.3, -0.25) is 14.9 Å². The summed E-state index contributed by atoms with van der Waals surface area (Å²) < 4.78 is 12.8. The largest absolute Gasteiger partial charge is 2.00 e. The second-order valence-corrected chi connectivity index (χ2v) is 3.95. The molecule has 1 aliphatic rings. The van der Waals surface area contributed by atoms with Gasteiger partial charge in [-0.1, -0.05) is 26.5 Å². The SMILES string of the molecule is C=CC=[C-]/C(=C\C(=C)F)C(=O)[N-]C1CCC(=O)NC1=O.CC.[W+2]. The predicted octanol–water partition coefficient (Wildman–Crippen LogP) is 2.67. The molecule has 1 N–H and O–H groups in total. The number of piperidine rings is 1. The van der Waals surface area contributed by atoms with E-state index in [4.69, 9.17) is 0 Å². The number of nitrogens with one attached hydrogen (secondary N) is 1. The first-order chi connectivity index (χ1) is 10.4. The van der Waals surface area contributed by atoms with Crippen molar-refractivity contribution in [3.05, 3.63) is 54.2 Å². The number of nitrogens with zero attached hydrogens (tertiary/aromatic N) is 1. The monoisotopic (exact) mass is 490 g/mol. The average molecular weight is 490 g/mol. The molecule has 0 spiro atoms. The molecule has 0 saturated carbocycles. The van der Waals surface area contributed by atoms with Crippen LogP contribution >= 0.6 is 0 Å². The van der Waals surface area contributed by atoms with Crippen LogP contribution in [0.2, 0.25) is 0 Å². The van der Waals surface area contributed by atoms with Crippen molar-refractivity contribution in [2.24, 2.45) is 0 Å². The maximum absolute atomic E-state index is 12.8. The zero-order valence-corrected chi connectivity index (χ0v) is 16.0. The Balaban J connectivity index is 0. The van der Waals surface area contributed by atoms with E-state index in [0.717, 1.165) is 6.08 Å². The molecular formula is C16H19FN2O3W. The van der Waals surface area contributed by atoms with Crippen LogP contribution in [-0.4, -0.2) is 23.8 Å². The minimum atomic E-state index is -0.956. The molecule has 0 aromatic carbocycles. The summed E-state index contributed by atoms with van der Waals surface area (Å²) in [6.07, 6.45) is 6.26. The van der Waals surface area contributed by atoms with Crippen LogP contribution in [0.3, 0.4) is 0 Å². The van der Waals surface area contributed by atoms with Crippen molar-refractivity contribution in [2.75, 3.05) is 0 Å². The van der Waals surface area contributed by atoms with Gasteiger partial charge in [0.25, 0.3) is 0 Å². The Morgan fingerprint density at radius 1 is 1.43 bits per heavy atom. The molecule has 3 amide bonds. The van der Waals surface area contributed by atoms with Crippen molar-refractivity contribution >= 4 is 17.7 Å². The van der Waals surface area contributed by atoms with Crippen molar-refractivity contribution < 1.29 is 39.8 Å². The number of allylic oxidation sites excluding steroid dienone is 4. The van der Waals surface area contributed by atoms with E-state index in [0.29, 0.717) is 0 Å². The molecule has 1 saturated heterocycles. The zero-order valence-electron chi connectivity index (χ0n) is 13.1. The van der Waals surface area contributed by atoms with Crippen LogP contribution in [0.5, 0.6) is 0 Å². The van der Waals surface area contributed by atoms with E-state index >= 15 is 0 Å². The van der Waals surface area contributed by atoms with Gasteiger partial charge in [-0.2, -0.15) is 0 Å². The third-order valence-electron chi connectivity index (χ3n) is 2.37. The minimum absolute atomic E-state index is 0. The average Bonchev–Trinajstić information content (AvgIpc) is 2.48. The summed E-state index contributed by atoms with van der Waals surface area (Å²) >= 11 is 0. The second kappa shape index (κ2) is 12.7.